The van der Waals surface area contributed by atoms with E-state index < -0.39 is 11.7 Å². The Morgan fingerprint density at radius 2 is 2.00 bits per heavy atom. The molecule has 0 unspecified atom stereocenters. The first-order chi connectivity index (χ1) is 8.16. The second-order valence-corrected chi connectivity index (χ2v) is 3.26. The van der Waals surface area contributed by atoms with Gasteiger partial charge >= 0.3 is 0 Å². The van der Waals surface area contributed by atoms with Gasteiger partial charge in [-0.25, -0.2) is 14.4 Å². The van der Waals surface area contributed by atoms with Crippen LogP contribution in [0.15, 0.2) is 36.7 Å². The molecule has 0 bridgehead atoms. The zero-order valence-corrected chi connectivity index (χ0v) is 8.72. The van der Waals surface area contributed by atoms with Crippen LogP contribution in [0.25, 0.3) is 0 Å². The van der Waals surface area contributed by atoms with E-state index >= 15 is 0 Å². The predicted octanol–water partition coefficient (Wildman–Crippen LogP) is 1.45. The minimum absolute atomic E-state index is 0.0680. The molecule has 17 heavy (non-hydrogen) atoms. The summed E-state index contributed by atoms with van der Waals surface area (Å²) in [5.74, 6) is -0.801. The van der Waals surface area contributed by atoms with Crippen LogP contribution in [-0.4, -0.2) is 15.9 Å². The van der Waals surface area contributed by atoms with Crippen molar-refractivity contribution in [2.45, 2.75) is 0 Å². The van der Waals surface area contributed by atoms with Crippen molar-refractivity contribution in [1.29, 1.82) is 0 Å². The number of aromatic nitrogens is 2. The fourth-order valence-corrected chi connectivity index (χ4v) is 1.27. The number of amides is 1. The Morgan fingerprint density at radius 3 is 2.65 bits per heavy atom. The molecule has 2 rings (SSSR count). The van der Waals surface area contributed by atoms with Gasteiger partial charge in [0, 0.05) is 18.1 Å². The quantitative estimate of drug-likeness (QED) is 0.768. The van der Waals surface area contributed by atoms with Gasteiger partial charge in [0.25, 0.3) is 5.91 Å². The van der Waals surface area contributed by atoms with Crippen LogP contribution in [0.1, 0.15) is 10.4 Å². The number of hydrogen-bond acceptors (Lipinski definition) is 4. The molecule has 2 aromatic rings. The molecule has 0 saturated carbocycles. The number of carbonyl (C=O) groups is 1. The van der Waals surface area contributed by atoms with Crippen molar-refractivity contribution in [1.82, 2.24) is 9.97 Å². The molecule has 0 atom stereocenters. The van der Waals surface area contributed by atoms with Crippen molar-refractivity contribution >= 4 is 17.5 Å². The molecule has 0 spiro atoms. The van der Waals surface area contributed by atoms with Crippen LogP contribution in [0, 0.1) is 5.82 Å². The lowest BCUT2D eigenvalue weighted by Gasteiger charge is -2.05. The minimum Gasteiger partial charge on any atom is -0.398 e. The number of benzene rings is 1. The molecule has 1 amide bonds. The maximum absolute atomic E-state index is 12.8. The molecule has 6 heteroatoms. The number of nitrogen functional groups attached to an aromatic ring is 1. The fourth-order valence-electron chi connectivity index (χ4n) is 1.27. The third-order valence-electron chi connectivity index (χ3n) is 2.05. The third-order valence-corrected chi connectivity index (χ3v) is 2.05. The standard InChI is InChI=1S/C11H9FN4O/c12-7-2-3-8(9(13)6-7)10(17)16-11-14-4-1-5-15-11/h1-6H,13H2,(H,14,15,16,17). The monoisotopic (exact) mass is 232 g/mol. The molecule has 0 aliphatic carbocycles. The van der Waals surface area contributed by atoms with Crippen molar-refractivity contribution in [3.63, 3.8) is 0 Å². The first-order valence-electron chi connectivity index (χ1n) is 4.80. The number of nitrogens with two attached hydrogens (primary N) is 1. The Balaban J connectivity index is 2.21. The molecule has 0 aliphatic rings. The van der Waals surface area contributed by atoms with E-state index in [9.17, 15) is 9.18 Å². The van der Waals surface area contributed by atoms with E-state index in [0.29, 0.717) is 0 Å². The van der Waals surface area contributed by atoms with Crippen LogP contribution in [-0.2, 0) is 0 Å². The van der Waals surface area contributed by atoms with E-state index in [2.05, 4.69) is 15.3 Å². The van der Waals surface area contributed by atoms with Crippen molar-refractivity contribution in [2.75, 3.05) is 11.1 Å². The molecule has 3 N–H and O–H groups in total. The van der Waals surface area contributed by atoms with Gasteiger partial charge in [-0.2, -0.15) is 0 Å². The summed E-state index contributed by atoms with van der Waals surface area (Å²) in [4.78, 5) is 19.4. The summed E-state index contributed by atoms with van der Waals surface area (Å²) < 4.78 is 12.8. The normalized spacial score (nSPS) is 9.94. The molecule has 0 radical (unpaired) electrons. The van der Waals surface area contributed by atoms with Gasteiger partial charge in [-0.05, 0) is 24.3 Å². The molecule has 1 aromatic carbocycles. The summed E-state index contributed by atoms with van der Waals surface area (Å²) in [6.45, 7) is 0. The van der Waals surface area contributed by atoms with Crippen LogP contribution in [0.3, 0.4) is 0 Å². The number of halogens is 1. The number of hydrogen-bond donors (Lipinski definition) is 2. The lowest BCUT2D eigenvalue weighted by atomic mass is 10.1. The number of rotatable bonds is 2. The predicted molar refractivity (Wildman–Crippen MR) is 60.8 cm³/mol. The van der Waals surface area contributed by atoms with Crippen molar-refractivity contribution < 1.29 is 9.18 Å². The summed E-state index contributed by atoms with van der Waals surface area (Å²) in [5.41, 5.74) is 5.78. The Bertz CT molecular complexity index is 544. The van der Waals surface area contributed by atoms with Crippen molar-refractivity contribution in [3.8, 4) is 0 Å². The number of anilines is 2. The zero-order chi connectivity index (χ0) is 12.3. The van der Waals surface area contributed by atoms with E-state index in [4.69, 9.17) is 5.73 Å². The molecule has 1 aromatic heterocycles. The van der Waals surface area contributed by atoms with Crippen LogP contribution in [0.5, 0.6) is 0 Å². The molecule has 0 aliphatic heterocycles. The van der Waals surface area contributed by atoms with Crippen LogP contribution in [0.2, 0.25) is 0 Å². The maximum atomic E-state index is 12.8. The van der Waals surface area contributed by atoms with Crippen LogP contribution in [0.4, 0.5) is 16.0 Å². The second kappa shape index (κ2) is 4.56. The number of carbonyl (C=O) groups excluding carboxylic acids is 1. The van der Waals surface area contributed by atoms with E-state index in [1.54, 1.807) is 6.07 Å². The topological polar surface area (TPSA) is 80.9 Å². The van der Waals surface area contributed by atoms with E-state index in [1.165, 1.54) is 18.5 Å². The van der Waals surface area contributed by atoms with Gasteiger partial charge in [0.05, 0.1) is 5.56 Å². The number of nitrogens with one attached hydrogen (secondary N) is 1. The smallest absolute Gasteiger partial charge is 0.260 e. The molecule has 1 heterocycles. The summed E-state index contributed by atoms with van der Waals surface area (Å²) in [6, 6.07) is 5.18. The van der Waals surface area contributed by atoms with Gasteiger partial charge in [0.1, 0.15) is 5.82 Å². The van der Waals surface area contributed by atoms with Crippen LogP contribution < -0.4 is 11.1 Å². The first kappa shape index (κ1) is 11.0. The average molecular weight is 232 g/mol. The van der Waals surface area contributed by atoms with Gasteiger partial charge < -0.3 is 5.73 Å². The molecule has 5 nitrogen and oxygen atoms in total. The highest BCUT2D eigenvalue weighted by molar-refractivity contribution is 6.06. The highest BCUT2D eigenvalue weighted by Crippen LogP contribution is 2.14. The van der Waals surface area contributed by atoms with Gasteiger partial charge in [-0.3, -0.25) is 10.1 Å². The van der Waals surface area contributed by atoms with Crippen LogP contribution >= 0.6 is 0 Å². The third kappa shape index (κ3) is 2.54. The molecular weight excluding hydrogens is 223 g/mol. The zero-order valence-electron chi connectivity index (χ0n) is 8.72. The fraction of sp³-hybridized carbons (Fsp3) is 0. The highest BCUT2D eigenvalue weighted by atomic mass is 19.1. The molecule has 0 fully saturated rings. The van der Waals surface area contributed by atoms with E-state index in [-0.39, 0.29) is 17.2 Å². The van der Waals surface area contributed by atoms with Gasteiger partial charge in [0.2, 0.25) is 5.95 Å². The summed E-state index contributed by atoms with van der Waals surface area (Å²) in [5, 5.41) is 2.45. The largest absolute Gasteiger partial charge is 0.398 e. The molecular formula is C11H9FN4O. The second-order valence-electron chi connectivity index (χ2n) is 3.26. The minimum atomic E-state index is -0.491. The Labute approximate surface area is 96.5 Å². The summed E-state index contributed by atoms with van der Waals surface area (Å²) in [6.07, 6.45) is 2.99. The van der Waals surface area contributed by atoms with Crippen molar-refractivity contribution in [3.05, 3.63) is 48.0 Å². The Morgan fingerprint density at radius 1 is 1.29 bits per heavy atom. The van der Waals surface area contributed by atoms with Gasteiger partial charge in [-0.15, -0.1) is 0 Å². The van der Waals surface area contributed by atoms with Crippen molar-refractivity contribution in [2.24, 2.45) is 0 Å². The Hall–Kier alpha value is -2.50. The van der Waals surface area contributed by atoms with Gasteiger partial charge in [0.15, 0.2) is 0 Å². The number of nitrogens with zero attached hydrogens (tertiary/aromatic N) is 2. The van der Waals surface area contributed by atoms with E-state index in [1.807, 2.05) is 0 Å². The highest BCUT2D eigenvalue weighted by Gasteiger charge is 2.11. The summed E-state index contributed by atoms with van der Waals surface area (Å²) in [7, 11) is 0. The first-order valence-corrected chi connectivity index (χ1v) is 4.80. The van der Waals surface area contributed by atoms with Gasteiger partial charge in [-0.1, -0.05) is 0 Å². The summed E-state index contributed by atoms with van der Waals surface area (Å²) >= 11 is 0. The molecule has 0 saturated heterocycles. The van der Waals surface area contributed by atoms with E-state index in [0.717, 1.165) is 12.1 Å². The lowest BCUT2D eigenvalue weighted by molar-refractivity contribution is 0.102. The molecule has 86 valence electrons. The lowest BCUT2D eigenvalue weighted by Crippen LogP contribution is -2.15. The Kier molecular flexibility index (Phi) is 2.95. The SMILES string of the molecule is Nc1cc(F)ccc1C(=O)Nc1ncccn1. The maximum Gasteiger partial charge on any atom is 0.260 e. The average Bonchev–Trinajstić information content (AvgIpc) is 2.30.